The van der Waals surface area contributed by atoms with Crippen molar-refractivity contribution < 1.29 is 28.3 Å². The van der Waals surface area contributed by atoms with Gasteiger partial charge < -0.3 is 20.3 Å². The number of hydrogen-bond donors (Lipinski definition) is 2. The first-order valence-corrected chi connectivity index (χ1v) is 14.3. The van der Waals surface area contributed by atoms with E-state index in [1.54, 1.807) is 30.0 Å². The van der Waals surface area contributed by atoms with Gasteiger partial charge in [0.15, 0.2) is 18.1 Å². The van der Waals surface area contributed by atoms with E-state index in [1.807, 2.05) is 6.92 Å². The molecule has 0 saturated heterocycles. The van der Waals surface area contributed by atoms with Gasteiger partial charge in [0.2, 0.25) is 0 Å². The van der Waals surface area contributed by atoms with Crippen LogP contribution in [-0.4, -0.2) is 57.8 Å². The van der Waals surface area contributed by atoms with Crippen molar-refractivity contribution in [1.82, 2.24) is 25.2 Å². The Morgan fingerprint density at radius 1 is 1.05 bits per heavy atom. The van der Waals surface area contributed by atoms with Gasteiger partial charge in [-0.05, 0) is 75.5 Å². The minimum absolute atomic E-state index is 0.00168. The van der Waals surface area contributed by atoms with E-state index in [2.05, 4.69) is 20.7 Å². The normalized spacial score (nSPS) is 22.9. The van der Waals surface area contributed by atoms with Crippen LogP contribution in [0.15, 0.2) is 30.5 Å². The predicted molar refractivity (Wildman–Crippen MR) is 150 cm³/mol. The van der Waals surface area contributed by atoms with Crippen LogP contribution in [0.4, 0.5) is 10.1 Å². The summed E-state index contributed by atoms with van der Waals surface area (Å²) in [7, 11) is 0. The number of likely N-dealkylation sites (N-methyl/N-ethyl adjacent to an activating group) is 1. The summed E-state index contributed by atoms with van der Waals surface area (Å²) in [4.78, 5) is 56.7. The number of Topliss-reactive ketones (excluding diaryl/α,β-unsaturated/α-hetero) is 1. The topological polar surface area (TPSA) is 135 Å². The quantitative estimate of drug-likeness (QED) is 0.421. The molecule has 2 bridgehead atoms. The fourth-order valence-electron chi connectivity index (χ4n) is 6.61. The summed E-state index contributed by atoms with van der Waals surface area (Å²) in [5.41, 5.74) is 0.709. The molecule has 0 atom stereocenters. The molecule has 7 rings (SSSR count). The molecular formula is C30H33FN6O5. The smallest absolute Gasteiger partial charge is 0.270 e. The van der Waals surface area contributed by atoms with E-state index in [1.165, 1.54) is 6.07 Å². The van der Waals surface area contributed by atoms with Crippen molar-refractivity contribution in [2.75, 3.05) is 24.6 Å². The fourth-order valence-corrected chi connectivity index (χ4v) is 6.61. The van der Waals surface area contributed by atoms with Gasteiger partial charge in [-0.25, -0.2) is 13.9 Å². The van der Waals surface area contributed by atoms with Gasteiger partial charge in [0, 0.05) is 31.1 Å². The highest BCUT2D eigenvalue weighted by Gasteiger charge is 2.50. The Morgan fingerprint density at radius 2 is 1.79 bits per heavy atom. The van der Waals surface area contributed by atoms with Crippen molar-refractivity contribution in [1.29, 1.82) is 0 Å². The standard InChI is InChI=1S/C30H33FN6O5/c1-3-36-22-12-19(4-5-24(22)42-16-25(36)39)14-32-27(40)21-13-23(37-26(35-21)20(31)15-34-37)28(41)33-17-29-6-9-30(10-7-29,11-8-29)18(2)38/h4-5,12-13,15H,3,6-11,14,16-17H2,1-2H3,(H,32,40)(H,33,41). The molecule has 11 nitrogen and oxygen atoms in total. The van der Waals surface area contributed by atoms with Gasteiger partial charge in [-0.15, -0.1) is 0 Å². The summed E-state index contributed by atoms with van der Waals surface area (Å²) < 4.78 is 21.2. The number of carbonyl (C=O) groups is 4. The molecule has 220 valence electrons. The summed E-state index contributed by atoms with van der Waals surface area (Å²) in [5.74, 6) is -1.14. The van der Waals surface area contributed by atoms with Crippen LogP contribution in [-0.2, 0) is 16.1 Å². The van der Waals surface area contributed by atoms with E-state index in [4.69, 9.17) is 4.74 Å². The van der Waals surface area contributed by atoms with Crippen molar-refractivity contribution in [2.45, 2.75) is 58.9 Å². The van der Waals surface area contributed by atoms with Crippen LogP contribution in [0, 0.1) is 16.6 Å². The van der Waals surface area contributed by atoms with Crippen LogP contribution in [0.2, 0.25) is 0 Å². The maximum atomic E-state index is 14.6. The zero-order chi connectivity index (χ0) is 29.6. The Kier molecular flexibility index (Phi) is 6.94. The van der Waals surface area contributed by atoms with E-state index in [-0.39, 0.29) is 52.7 Å². The fraction of sp³-hybridized carbons (Fsp3) is 0.467. The Hall–Kier alpha value is -4.35. The molecule has 3 saturated carbocycles. The number of halogens is 1. The van der Waals surface area contributed by atoms with Gasteiger partial charge in [0.05, 0.1) is 11.9 Å². The van der Waals surface area contributed by atoms with Gasteiger partial charge in [-0.2, -0.15) is 5.10 Å². The molecule has 3 fully saturated rings. The summed E-state index contributed by atoms with van der Waals surface area (Å²) in [5, 5.41) is 9.72. The largest absolute Gasteiger partial charge is 0.482 e. The van der Waals surface area contributed by atoms with E-state index < -0.39 is 17.6 Å². The SMILES string of the molecule is CCN1C(=O)COc2ccc(CNC(=O)c3cc(C(=O)NCC45CCC(C(C)=O)(CC4)CC5)n4ncc(F)c4n3)cc21. The lowest BCUT2D eigenvalue weighted by atomic mass is 9.52. The van der Waals surface area contributed by atoms with E-state index >= 15 is 0 Å². The maximum absolute atomic E-state index is 14.6. The third kappa shape index (κ3) is 4.78. The lowest BCUT2D eigenvalue weighted by Crippen LogP contribution is -2.49. The number of anilines is 1. The second-order valence-electron chi connectivity index (χ2n) is 11.7. The van der Waals surface area contributed by atoms with Gasteiger partial charge in [-0.3, -0.25) is 19.2 Å². The third-order valence-corrected chi connectivity index (χ3v) is 9.40. The molecule has 42 heavy (non-hydrogen) atoms. The highest BCUT2D eigenvalue weighted by Crippen LogP contribution is 2.56. The monoisotopic (exact) mass is 576 g/mol. The summed E-state index contributed by atoms with van der Waals surface area (Å²) in [6.07, 6.45) is 6.04. The Morgan fingerprint density at radius 3 is 2.48 bits per heavy atom. The molecule has 3 aromatic rings. The zero-order valence-corrected chi connectivity index (χ0v) is 23.7. The number of ketones is 1. The van der Waals surface area contributed by atoms with Crippen LogP contribution in [0.25, 0.3) is 5.65 Å². The molecule has 3 amide bonds. The van der Waals surface area contributed by atoms with Crippen molar-refractivity contribution in [3.05, 3.63) is 53.2 Å². The average molecular weight is 577 g/mol. The Balaban J connectivity index is 1.17. The van der Waals surface area contributed by atoms with Crippen LogP contribution in [0.1, 0.15) is 78.9 Å². The molecule has 2 N–H and O–H groups in total. The predicted octanol–water partition coefficient (Wildman–Crippen LogP) is 3.20. The van der Waals surface area contributed by atoms with Crippen LogP contribution >= 0.6 is 0 Å². The van der Waals surface area contributed by atoms with Crippen molar-refractivity contribution >= 4 is 34.8 Å². The minimum Gasteiger partial charge on any atom is -0.482 e. The summed E-state index contributed by atoms with van der Waals surface area (Å²) in [6.45, 7) is 4.54. The second kappa shape index (κ2) is 10.5. The lowest BCUT2D eigenvalue weighted by molar-refractivity contribution is -0.135. The molecule has 1 aliphatic heterocycles. The molecular weight excluding hydrogens is 543 g/mol. The maximum Gasteiger partial charge on any atom is 0.270 e. The third-order valence-electron chi connectivity index (χ3n) is 9.40. The Labute approximate surface area is 241 Å². The molecule has 3 aliphatic carbocycles. The number of ether oxygens (including phenoxy) is 1. The van der Waals surface area contributed by atoms with Gasteiger partial charge in [-0.1, -0.05) is 6.07 Å². The van der Waals surface area contributed by atoms with Crippen molar-refractivity contribution in [3.8, 4) is 5.75 Å². The number of carbonyl (C=O) groups excluding carboxylic acids is 4. The van der Waals surface area contributed by atoms with E-state index in [0.29, 0.717) is 24.5 Å². The van der Waals surface area contributed by atoms with Gasteiger partial charge in [0.1, 0.15) is 22.9 Å². The highest BCUT2D eigenvalue weighted by molar-refractivity contribution is 5.99. The van der Waals surface area contributed by atoms with E-state index in [0.717, 1.165) is 54.8 Å². The van der Waals surface area contributed by atoms with Crippen molar-refractivity contribution in [2.24, 2.45) is 10.8 Å². The summed E-state index contributed by atoms with van der Waals surface area (Å²) in [6, 6.07) is 6.62. The van der Waals surface area contributed by atoms with Crippen LogP contribution in [0.5, 0.6) is 5.75 Å². The number of nitrogens with one attached hydrogen (secondary N) is 2. The molecule has 1 aromatic carbocycles. The molecule has 2 aromatic heterocycles. The summed E-state index contributed by atoms with van der Waals surface area (Å²) >= 11 is 0. The molecule has 0 unspecified atom stereocenters. The lowest BCUT2D eigenvalue weighted by Gasteiger charge is -2.52. The Bertz CT molecular complexity index is 1590. The zero-order valence-electron chi connectivity index (χ0n) is 23.7. The number of nitrogens with zero attached hydrogens (tertiary/aromatic N) is 4. The number of aromatic nitrogens is 3. The molecule has 0 spiro atoms. The first-order chi connectivity index (χ1) is 20.1. The number of amides is 3. The molecule has 3 heterocycles. The minimum atomic E-state index is -0.753. The first kappa shape index (κ1) is 27.8. The van der Waals surface area contributed by atoms with Crippen LogP contribution < -0.4 is 20.3 Å². The van der Waals surface area contributed by atoms with Crippen molar-refractivity contribution in [3.63, 3.8) is 0 Å². The molecule has 12 heteroatoms. The van der Waals surface area contributed by atoms with E-state index in [9.17, 15) is 23.6 Å². The van der Waals surface area contributed by atoms with Crippen LogP contribution in [0.3, 0.4) is 0 Å². The number of rotatable bonds is 8. The molecule has 0 radical (unpaired) electrons. The molecule has 4 aliphatic rings. The number of benzene rings is 1. The second-order valence-corrected chi connectivity index (χ2v) is 11.7. The highest BCUT2D eigenvalue weighted by atomic mass is 19.1. The first-order valence-electron chi connectivity index (χ1n) is 14.3. The average Bonchev–Trinajstić information content (AvgIpc) is 3.39. The van der Waals surface area contributed by atoms with Gasteiger partial charge in [0.25, 0.3) is 17.7 Å². The number of hydrogen-bond acceptors (Lipinski definition) is 7. The number of fused-ring (bicyclic) bond motifs is 5. The van der Waals surface area contributed by atoms with Gasteiger partial charge >= 0.3 is 0 Å².